The van der Waals surface area contributed by atoms with Gasteiger partial charge in [-0.25, -0.2) is 0 Å². The lowest BCUT2D eigenvalue weighted by molar-refractivity contribution is -0.0434. The average molecular weight is 297 g/mol. The van der Waals surface area contributed by atoms with Crippen LogP contribution in [0, 0.1) is 0 Å². The molecule has 0 bridgehead atoms. The number of nitrogens with one attached hydrogen (secondary N) is 1. The van der Waals surface area contributed by atoms with E-state index in [9.17, 15) is 0 Å². The molecule has 3 nitrogen and oxygen atoms in total. The Morgan fingerprint density at radius 3 is 2.64 bits per heavy atom. The standard InChI is InChI=1S/C19H23NO2/c1-2-15-8-6-7-11-17(15)22-19(16-9-4-3-5-10-16)18-14-20-12-13-21-18/h3-11,18-20H,2,12-14H2,1H3/t18-,19?/m0/s1. The summed E-state index contributed by atoms with van der Waals surface area (Å²) in [6.07, 6.45) is 0.893. The van der Waals surface area contributed by atoms with Gasteiger partial charge in [0.1, 0.15) is 11.9 Å². The summed E-state index contributed by atoms with van der Waals surface area (Å²) in [5.41, 5.74) is 2.38. The van der Waals surface area contributed by atoms with Crippen LogP contribution in [0.1, 0.15) is 24.2 Å². The van der Waals surface area contributed by atoms with Gasteiger partial charge in [0.2, 0.25) is 0 Å². The second kappa shape index (κ2) is 7.43. The number of morpholine rings is 1. The van der Waals surface area contributed by atoms with E-state index >= 15 is 0 Å². The Morgan fingerprint density at radius 1 is 1.14 bits per heavy atom. The first-order valence-corrected chi connectivity index (χ1v) is 8.00. The van der Waals surface area contributed by atoms with Crippen molar-refractivity contribution in [2.45, 2.75) is 25.6 Å². The van der Waals surface area contributed by atoms with Crippen LogP contribution in [0.3, 0.4) is 0 Å². The highest BCUT2D eigenvalue weighted by atomic mass is 16.5. The zero-order valence-electron chi connectivity index (χ0n) is 13.0. The Morgan fingerprint density at radius 2 is 1.91 bits per heavy atom. The van der Waals surface area contributed by atoms with E-state index in [1.165, 1.54) is 5.56 Å². The molecule has 116 valence electrons. The third-order valence-electron chi connectivity index (χ3n) is 4.03. The fourth-order valence-corrected chi connectivity index (χ4v) is 2.83. The Bertz CT molecular complexity index is 579. The third-order valence-corrected chi connectivity index (χ3v) is 4.03. The molecular formula is C19H23NO2. The lowest BCUT2D eigenvalue weighted by Crippen LogP contribution is -2.43. The Labute approximate surface area is 132 Å². The summed E-state index contributed by atoms with van der Waals surface area (Å²) in [5.74, 6) is 0.952. The van der Waals surface area contributed by atoms with Crippen LogP contribution in [-0.2, 0) is 11.2 Å². The van der Waals surface area contributed by atoms with E-state index in [0.29, 0.717) is 0 Å². The predicted molar refractivity (Wildman–Crippen MR) is 88.2 cm³/mol. The number of ether oxygens (including phenoxy) is 2. The summed E-state index contributed by atoms with van der Waals surface area (Å²) >= 11 is 0. The van der Waals surface area contributed by atoms with Crippen LogP contribution in [-0.4, -0.2) is 25.8 Å². The van der Waals surface area contributed by atoms with E-state index in [0.717, 1.165) is 37.4 Å². The van der Waals surface area contributed by atoms with E-state index in [2.05, 4.69) is 36.5 Å². The number of aryl methyl sites for hydroxylation is 1. The summed E-state index contributed by atoms with van der Waals surface area (Å²) in [7, 11) is 0. The van der Waals surface area contributed by atoms with Gasteiger partial charge in [0.15, 0.2) is 6.10 Å². The number of para-hydroxylation sites is 1. The lowest BCUT2D eigenvalue weighted by Gasteiger charge is -2.32. The lowest BCUT2D eigenvalue weighted by atomic mass is 10.0. The van der Waals surface area contributed by atoms with Gasteiger partial charge in [0.25, 0.3) is 0 Å². The molecule has 1 fully saturated rings. The van der Waals surface area contributed by atoms with Gasteiger partial charge < -0.3 is 14.8 Å². The molecule has 3 rings (SSSR count). The molecule has 0 amide bonds. The van der Waals surface area contributed by atoms with Crippen LogP contribution in [0.25, 0.3) is 0 Å². The molecule has 2 aromatic rings. The van der Waals surface area contributed by atoms with Crippen molar-refractivity contribution in [1.29, 1.82) is 0 Å². The van der Waals surface area contributed by atoms with Crippen LogP contribution >= 0.6 is 0 Å². The minimum Gasteiger partial charge on any atom is -0.483 e. The fourth-order valence-electron chi connectivity index (χ4n) is 2.83. The second-order valence-electron chi connectivity index (χ2n) is 5.52. The minimum absolute atomic E-state index is 0.0288. The maximum Gasteiger partial charge on any atom is 0.151 e. The molecule has 0 aromatic heterocycles. The molecule has 1 unspecified atom stereocenters. The van der Waals surface area contributed by atoms with Gasteiger partial charge in [-0.2, -0.15) is 0 Å². The molecule has 22 heavy (non-hydrogen) atoms. The fraction of sp³-hybridized carbons (Fsp3) is 0.368. The number of rotatable bonds is 5. The van der Waals surface area contributed by atoms with Crippen molar-refractivity contribution in [2.75, 3.05) is 19.7 Å². The van der Waals surface area contributed by atoms with Crippen LogP contribution in [0.15, 0.2) is 54.6 Å². The molecule has 0 spiro atoms. The third kappa shape index (κ3) is 3.49. The molecule has 3 heteroatoms. The normalized spacial score (nSPS) is 19.6. The average Bonchev–Trinajstić information content (AvgIpc) is 2.61. The Balaban J connectivity index is 1.88. The number of benzene rings is 2. The molecular weight excluding hydrogens is 274 g/mol. The molecule has 1 aliphatic heterocycles. The summed E-state index contributed by atoms with van der Waals surface area (Å²) in [6.45, 7) is 4.60. The topological polar surface area (TPSA) is 30.5 Å². The van der Waals surface area contributed by atoms with Crippen LogP contribution < -0.4 is 10.1 Å². The molecule has 1 N–H and O–H groups in total. The molecule has 1 heterocycles. The molecule has 1 saturated heterocycles. The molecule has 0 aliphatic carbocycles. The van der Waals surface area contributed by atoms with Gasteiger partial charge in [-0.05, 0) is 23.6 Å². The van der Waals surface area contributed by atoms with Gasteiger partial charge in [0.05, 0.1) is 6.61 Å². The van der Waals surface area contributed by atoms with Crippen molar-refractivity contribution in [3.63, 3.8) is 0 Å². The molecule has 1 aliphatic rings. The minimum atomic E-state index is -0.0956. The van der Waals surface area contributed by atoms with Gasteiger partial charge in [-0.3, -0.25) is 0 Å². The maximum atomic E-state index is 6.40. The van der Waals surface area contributed by atoms with Crippen molar-refractivity contribution in [3.05, 3.63) is 65.7 Å². The maximum absolute atomic E-state index is 6.40. The van der Waals surface area contributed by atoms with Crippen molar-refractivity contribution >= 4 is 0 Å². The van der Waals surface area contributed by atoms with Gasteiger partial charge in [0, 0.05) is 13.1 Å². The first-order valence-electron chi connectivity index (χ1n) is 8.00. The molecule has 2 atom stereocenters. The monoisotopic (exact) mass is 297 g/mol. The van der Waals surface area contributed by atoms with Gasteiger partial charge in [-0.15, -0.1) is 0 Å². The molecule has 2 aromatic carbocycles. The van der Waals surface area contributed by atoms with Crippen molar-refractivity contribution in [2.24, 2.45) is 0 Å². The zero-order chi connectivity index (χ0) is 15.2. The van der Waals surface area contributed by atoms with E-state index in [-0.39, 0.29) is 12.2 Å². The highest BCUT2D eigenvalue weighted by Gasteiger charge is 2.28. The first kappa shape index (κ1) is 15.1. The van der Waals surface area contributed by atoms with Gasteiger partial charge >= 0.3 is 0 Å². The molecule has 0 radical (unpaired) electrons. The summed E-state index contributed by atoms with van der Waals surface area (Å²) < 4.78 is 12.3. The van der Waals surface area contributed by atoms with E-state index in [1.54, 1.807) is 0 Å². The van der Waals surface area contributed by atoms with Crippen LogP contribution in [0.5, 0.6) is 5.75 Å². The van der Waals surface area contributed by atoms with Crippen molar-refractivity contribution in [3.8, 4) is 5.75 Å². The van der Waals surface area contributed by atoms with Gasteiger partial charge in [-0.1, -0.05) is 55.5 Å². The number of hydrogen-bond donors (Lipinski definition) is 1. The zero-order valence-corrected chi connectivity index (χ0v) is 13.0. The Kier molecular flexibility index (Phi) is 5.09. The van der Waals surface area contributed by atoms with Crippen molar-refractivity contribution in [1.82, 2.24) is 5.32 Å². The Hall–Kier alpha value is -1.84. The van der Waals surface area contributed by atoms with Crippen LogP contribution in [0.2, 0.25) is 0 Å². The quantitative estimate of drug-likeness (QED) is 0.918. The smallest absolute Gasteiger partial charge is 0.151 e. The number of hydrogen-bond acceptors (Lipinski definition) is 3. The van der Waals surface area contributed by atoms with E-state index in [1.807, 2.05) is 30.3 Å². The first-order chi connectivity index (χ1) is 10.9. The summed E-state index contributed by atoms with van der Waals surface area (Å²) in [5, 5.41) is 3.39. The highest BCUT2D eigenvalue weighted by molar-refractivity contribution is 5.34. The predicted octanol–water partition coefficient (Wildman–Crippen LogP) is 3.36. The van der Waals surface area contributed by atoms with Crippen LogP contribution in [0.4, 0.5) is 0 Å². The second-order valence-corrected chi connectivity index (χ2v) is 5.52. The van der Waals surface area contributed by atoms with E-state index < -0.39 is 0 Å². The largest absolute Gasteiger partial charge is 0.483 e. The summed E-state index contributed by atoms with van der Waals surface area (Å²) in [4.78, 5) is 0. The SMILES string of the molecule is CCc1ccccc1OC(c1ccccc1)[C@@H]1CNCCO1. The van der Waals surface area contributed by atoms with E-state index in [4.69, 9.17) is 9.47 Å². The highest BCUT2D eigenvalue weighted by Crippen LogP contribution is 2.29. The molecule has 0 saturated carbocycles. The summed E-state index contributed by atoms with van der Waals surface area (Å²) in [6, 6.07) is 18.6. The van der Waals surface area contributed by atoms with Crippen molar-refractivity contribution < 1.29 is 9.47 Å².